The normalized spacial score (nSPS) is 11.7. The van der Waals surface area contributed by atoms with Crippen LogP contribution in [0.1, 0.15) is 31.7 Å². The van der Waals surface area contributed by atoms with E-state index in [4.69, 9.17) is 27.9 Å². The Morgan fingerprint density at radius 3 is 2.55 bits per heavy atom. The molecule has 0 spiro atoms. The number of hydrogen-bond donors (Lipinski definition) is 1. The summed E-state index contributed by atoms with van der Waals surface area (Å²) < 4.78 is 7.67. The van der Waals surface area contributed by atoms with Crippen LogP contribution < -0.4 is 10.1 Å². The molecule has 1 atom stereocenters. The van der Waals surface area contributed by atoms with Crippen molar-refractivity contribution in [2.75, 3.05) is 6.61 Å². The van der Waals surface area contributed by atoms with Gasteiger partial charge in [-0.1, -0.05) is 53.5 Å². The molecule has 0 aliphatic carbocycles. The lowest BCUT2D eigenvalue weighted by atomic mass is 10.0. The van der Waals surface area contributed by atoms with Crippen LogP contribution in [0.3, 0.4) is 0 Å². The average Bonchev–Trinajstić information content (AvgIpc) is 3.35. The van der Waals surface area contributed by atoms with Gasteiger partial charge in [0.15, 0.2) is 5.78 Å². The molecule has 2 aromatic heterocycles. The Balaban J connectivity index is 1.36. The zero-order valence-corrected chi connectivity index (χ0v) is 22.5. The standard InChI is InChI=1S/C29H28Cl2N4O3/c1-20(36)26(14-11-21-7-3-2-4-8-21)33-28(37)10-6-16-38-29-18-27(22-9-5-15-32-19-22)34-35(29)23-12-13-24(30)25(31)17-23/h2-5,7-9,12-13,15,17-19,26H,6,10-11,14,16H2,1H3,(H,33,37)/t26-/m0/s1. The van der Waals surface area contributed by atoms with Crippen LogP contribution in [0, 0.1) is 0 Å². The number of benzene rings is 2. The van der Waals surface area contributed by atoms with E-state index in [0.29, 0.717) is 46.6 Å². The van der Waals surface area contributed by atoms with Crippen LogP contribution >= 0.6 is 23.2 Å². The lowest BCUT2D eigenvalue weighted by molar-refractivity contribution is -0.127. The maximum atomic E-state index is 12.6. The van der Waals surface area contributed by atoms with Gasteiger partial charge in [-0.3, -0.25) is 14.6 Å². The number of pyridine rings is 1. The van der Waals surface area contributed by atoms with E-state index in [9.17, 15) is 9.59 Å². The van der Waals surface area contributed by atoms with Gasteiger partial charge in [-0.15, -0.1) is 0 Å². The first-order valence-corrected chi connectivity index (χ1v) is 13.1. The minimum Gasteiger partial charge on any atom is -0.478 e. The number of aromatic nitrogens is 3. The van der Waals surface area contributed by atoms with E-state index in [0.717, 1.165) is 11.1 Å². The van der Waals surface area contributed by atoms with Crippen LogP contribution in [-0.4, -0.2) is 39.1 Å². The average molecular weight is 551 g/mol. The van der Waals surface area contributed by atoms with E-state index < -0.39 is 6.04 Å². The van der Waals surface area contributed by atoms with Crippen molar-refractivity contribution >= 4 is 34.9 Å². The van der Waals surface area contributed by atoms with Crippen molar-refractivity contribution in [3.8, 4) is 22.8 Å². The summed E-state index contributed by atoms with van der Waals surface area (Å²) in [5.74, 6) is 0.252. The van der Waals surface area contributed by atoms with Gasteiger partial charge in [0.1, 0.15) is 0 Å². The molecule has 0 saturated heterocycles. The van der Waals surface area contributed by atoms with E-state index >= 15 is 0 Å². The fourth-order valence-corrected chi connectivity index (χ4v) is 4.22. The zero-order valence-electron chi connectivity index (χ0n) is 20.9. The maximum absolute atomic E-state index is 12.6. The van der Waals surface area contributed by atoms with Crippen molar-refractivity contribution < 1.29 is 14.3 Å². The predicted octanol–water partition coefficient (Wildman–Crippen LogP) is 6.11. The molecule has 9 heteroatoms. The summed E-state index contributed by atoms with van der Waals surface area (Å²) in [4.78, 5) is 28.8. The molecule has 0 saturated carbocycles. The topological polar surface area (TPSA) is 86.1 Å². The van der Waals surface area contributed by atoms with Gasteiger partial charge in [0, 0.05) is 30.4 Å². The highest BCUT2D eigenvalue weighted by atomic mass is 35.5. The van der Waals surface area contributed by atoms with Crippen molar-refractivity contribution in [2.45, 2.75) is 38.6 Å². The molecule has 0 aliphatic heterocycles. The number of nitrogens with one attached hydrogen (secondary N) is 1. The second-order valence-electron chi connectivity index (χ2n) is 8.83. The molecular weight excluding hydrogens is 523 g/mol. The molecule has 0 bridgehead atoms. The van der Waals surface area contributed by atoms with E-state index in [1.165, 1.54) is 6.92 Å². The van der Waals surface area contributed by atoms with Gasteiger partial charge >= 0.3 is 0 Å². The van der Waals surface area contributed by atoms with Crippen LogP contribution in [0.15, 0.2) is 79.1 Å². The third kappa shape index (κ3) is 7.43. The number of nitrogens with zero attached hydrogens (tertiary/aromatic N) is 3. The molecule has 1 amide bonds. The van der Waals surface area contributed by atoms with Gasteiger partial charge in [-0.25, -0.2) is 4.68 Å². The number of halogens is 2. The van der Waals surface area contributed by atoms with Crippen LogP contribution in [0.4, 0.5) is 0 Å². The first kappa shape index (κ1) is 27.4. The quantitative estimate of drug-likeness (QED) is 0.215. The molecule has 4 rings (SSSR count). The number of ketones is 1. The lowest BCUT2D eigenvalue weighted by Crippen LogP contribution is -2.40. The molecule has 2 heterocycles. The number of ether oxygens (including phenoxy) is 1. The Labute approximate surface area is 231 Å². The highest BCUT2D eigenvalue weighted by Gasteiger charge is 2.18. The van der Waals surface area contributed by atoms with Gasteiger partial charge in [0.2, 0.25) is 11.8 Å². The molecule has 2 aromatic carbocycles. The van der Waals surface area contributed by atoms with Gasteiger partial charge in [0.05, 0.1) is 34.1 Å². The molecule has 196 valence electrons. The summed E-state index contributed by atoms with van der Waals surface area (Å²) in [6.45, 7) is 1.78. The van der Waals surface area contributed by atoms with Crippen LogP contribution in [-0.2, 0) is 16.0 Å². The molecule has 0 aliphatic rings. The summed E-state index contributed by atoms with van der Waals surface area (Å²) >= 11 is 12.3. The van der Waals surface area contributed by atoms with E-state index in [-0.39, 0.29) is 24.7 Å². The Kier molecular flexibility index (Phi) is 9.51. The number of aryl methyl sites for hydroxylation is 1. The second-order valence-corrected chi connectivity index (χ2v) is 9.64. The number of Topliss-reactive ketones (excluding diaryl/α,β-unsaturated/α-hetero) is 1. The molecule has 1 N–H and O–H groups in total. The number of hydrogen-bond acceptors (Lipinski definition) is 5. The van der Waals surface area contributed by atoms with Crippen LogP contribution in [0.5, 0.6) is 5.88 Å². The molecule has 7 nitrogen and oxygen atoms in total. The van der Waals surface area contributed by atoms with Crippen molar-refractivity contribution in [3.05, 3.63) is 94.7 Å². The van der Waals surface area contributed by atoms with Gasteiger partial charge in [-0.05, 0) is 62.1 Å². The SMILES string of the molecule is CC(=O)[C@H](CCc1ccccc1)NC(=O)CCCOc1cc(-c2cccnc2)nn1-c1ccc(Cl)c(Cl)c1. The molecule has 0 fully saturated rings. The first-order chi connectivity index (χ1) is 18.4. The van der Waals surface area contributed by atoms with Crippen molar-refractivity contribution in [2.24, 2.45) is 0 Å². The summed E-state index contributed by atoms with van der Waals surface area (Å²) in [7, 11) is 0. The zero-order chi connectivity index (χ0) is 26.9. The second kappa shape index (κ2) is 13.2. The maximum Gasteiger partial charge on any atom is 0.220 e. The predicted molar refractivity (Wildman–Crippen MR) is 149 cm³/mol. The minimum absolute atomic E-state index is 0.0565. The Hall–Kier alpha value is -3.68. The van der Waals surface area contributed by atoms with Crippen molar-refractivity contribution in [1.29, 1.82) is 0 Å². The van der Waals surface area contributed by atoms with Gasteiger partial charge < -0.3 is 10.1 Å². The number of amides is 1. The molecule has 4 aromatic rings. The minimum atomic E-state index is -0.512. The van der Waals surface area contributed by atoms with E-state index in [1.807, 2.05) is 48.5 Å². The Bertz CT molecular complexity index is 1380. The van der Waals surface area contributed by atoms with Gasteiger partial charge in [0.25, 0.3) is 0 Å². The fraction of sp³-hybridized carbons (Fsp3) is 0.241. The number of rotatable bonds is 12. The fourth-order valence-electron chi connectivity index (χ4n) is 3.93. The molecule has 38 heavy (non-hydrogen) atoms. The molecule has 0 radical (unpaired) electrons. The van der Waals surface area contributed by atoms with Crippen LogP contribution in [0.2, 0.25) is 10.0 Å². The van der Waals surface area contributed by atoms with Crippen molar-refractivity contribution in [1.82, 2.24) is 20.1 Å². The summed E-state index contributed by atoms with van der Waals surface area (Å²) in [5.41, 5.74) is 3.33. The third-order valence-corrected chi connectivity index (χ3v) is 6.71. The third-order valence-electron chi connectivity index (χ3n) is 5.97. The summed E-state index contributed by atoms with van der Waals surface area (Å²) in [6, 6.07) is 20.1. The Morgan fingerprint density at radius 2 is 1.84 bits per heavy atom. The van der Waals surface area contributed by atoms with E-state index in [1.54, 1.807) is 35.3 Å². The van der Waals surface area contributed by atoms with Gasteiger partial charge in [-0.2, -0.15) is 5.10 Å². The van der Waals surface area contributed by atoms with Crippen molar-refractivity contribution in [3.63, 3.8) is 0 Å². The largest absolute Gasteiger partial charge is 0.478 e. The van der Waals surface area contributed by atoms with Crippen LogP contribution in [0.25, 0.3) is 16.9 Å². The monoisotopic (exact) mass is 550 g/mol. The smallest absolute Gasteiger partial charge is 0.220 e. The first-order valence-electron chi connectivity index (χ1n) is 12.3. The lowest BCUT2D eigenvalue weighted by Gasteiger charge is -2.16. The molecule has 0 unspecified atom stereocenters. The number of carbonyl (C=O) groups excluding carboxylic acids is 2. The highest BCUT2D eigenvalue weighted by molar-refractivity contribution is 6.42. The molecular formula is C29H28Cl2N4O3. The highest BCUT2D eigenvalue weighted by Crippen LogP contribution is 2.29. The number of carbonyl (C=O) groups is 2. The Morgan fingerprint density at radius 1 is 1.03 bits per heavy atom. The summed E-state index contributed by atoms with van der Waals surface area (Å²) in [5, 5.41) is 8.38. The summed E-state index contributed by atoms with van der Waals surface area (Å²) in [6.07, 6.45) is 5.38. The van der Waals surface area contributed by atoms with E-state index in [2.05, 4.69) is 15.4 Å².